The van der Waals surface area contributed by atoms with Crippen LogP contribution < -0.4 is 5.32 Å². The lowest BCUT2D eigenvalue weighted by Gasteiger charge is -2.26. The highest BCUT2D eigenvalue weighted by molar-refractivity contribution is 6.07. The van der Waals surface area contributed by atoms with Crippen LogP contribution in [0.3, 0.4) is 0 Å². The first kappa shape index (κ1) is 17.7. The number of para-hydroxylation sites is 1. The van der Waals surface area contributed by atoms with E-state index in [9.17, 15) is 9.90 Å². The lowest BCUT2D eigenvalue weighted by molar-refractivity contribution is 0.0869. The van der Waals surface area contributed by atoms with E-state index in [1.165, 1.54) is 5.56 Å². The number of nitrogens with one attached hydrogen (secondary N) is 1. The zero-order chi connectivity index (χ0) is 18.8. The summed E-state index contributed by atoms with van der Waals surface area (Å²) < 4.78 is 0. The topological polar surface area (TPSA) is 62.2 Å². The van der Waals surface area contributed by atoms with Crippen molar-refractivity contribution in [2.24, 2.45) is 0 Å². The Hall–Kier alpha value is -2.72. The number of hydrogen-bond acceptors (Lipinski definition) is 3. The Morgan fingerprint density at radius 2 is 1.74 bits per heavy atom. The molecule has 1 aliphatic rings. The largest absolute Gasteiger partial charge is 0.393 e. The van der Waals surface area contributed by atoms with Gasteiger partial charge in [-0.1, -0.05) is 48.0 Å². The summed E-state index contributed by atoms with van der Waals surface area (Å²) in [6.45, 7) is 2.05. The summed E-state index contributed by atoms with van der Waals surface area (Å²) in [5.74, 6) is -0.0663. The molecule has 0 unspecified atom stereocenters. The number of pyridine rings is 1. The number of carbonyl (C=O) groups is 1. The number of aliphatic hydroxyl groups is 1. The van der Waals surface area contributed by atoms with Crippen molar-refractivity contribution in [3.63, 3.8) is 0 Å². The fourth-order valence-electron chi connectivity index (χ4n) is 3.72. The molecule has 1 aromatic heterocycles. The van der Waals surface area contributed by atoms with E-state index in [0.717, 1.165) is 47.8 Å². The van der Waals surface area contributed by atoms with Crippen LogP contribution in [0.4, 0.5) is 0 Å². The van der Waals surface area contributed by atoms with Crippen LogP contribution in [0.5, 0.6) is 0 Å². The number of aliphatic hydroxyl groups excluding tert-OH is 1. The molecule has 27 heavy (non-hydrogen) atoms. The number of benzene rings is 2. The van der Waals surface area contributed by atoms with Crippen LogP contribution in [-0.4, -0.2) is 28.1 Å². The minimum absolute atomic E-state index is 0.0663. The third-order valence-electron chi connectivity index (χ3n) is 5.34. The standard InChI is InChI=1S/C23H24N2O2/c1-15-6-8-16(9-7-15)22-14-20(19-4-2-3-5-21(19)25-22)23(27)24-17-10-12-18(26)13-11-17/h2-9,14,17-18,26H,10-13H2,1H3,(H,24,27). The lowest BCUT2D eigenvalue weighted by Crippen LogP contribution is -2.38. The third kappa shape index (κ3) is 3.86. The second kappa shape index (κ2) is 7.49. The van der Waals surface area contributed by atoms with E-state index in [1.54, 1.807) is 0 Å². The van der Waals surface area contributed by atoms with Gasteiger partial charge >= 0.3 is 0 Å². The first-order valence-electron chi connectivity index (χ1n) is 9.56. The molecular weight excluding hydrogens is 336 g/mol. The van der Waals surface area contributed by atoms with Crippen molar-refractivity contribution in [1.82, 2.24) is 10.3 Å². The molecule has 0 spiro atoms. The number of carbonyl (C=O) groups excluding carboxylic acids is 1. The number of aryl methyl sites for hydroxylation is 1. The van der Waals surface area contributed by atoms with Crippen LogP contribution in [0.25, 0.3) is 22.2 Å². The predicted molar refractivity (Wildman–Crippen MR) is 108 cm³/mol. The summed E-state index contributed by atoms with van der Waals surface area (Å²) in [6.07, 6.45) is 2.91. The average Bonchev–Trinajstić information content (AvgIpc) is 2.69. The van der Waals surface area contributed by atoms with Gasteiger partial charge in [0.15, 0.2) is 0 Å². The van der Waals surface area contributed by atoms with Gasteiger partial charge in [-0.15, -0.1) is 0 Å². The zero-order valence-corrected chi connectivity index (χ0v) is 15.5. The van der Waals surface area contributed by atoms with Gasteiger partial charge in [0.1, 0.15) is 0 Å². The van der Waals surface area contributed by atoms with Gasteiger partial charge in [0.25, 0.3) is 5.91 Å². The van der Waals surface area contributed by atoms with E-state index in [4.69, 9.17) is 4.98 Å². The molecule has 1 amide bonds. The van der Waals surface area contributed by atoms with E-state index in [2.05, 4.69) is 24.4 Å². The molecule has 2 aromatic carbocycles. The molecule has 4 heteroatoms. The summed E-state index contributed by atoms with van der Waals surface area (Å²) in [5.41, 5.74) is 4.47. The Balaban J connectivity index is 1.70. The normalized spacial score (nSPS) is 19.8. The van der Waals surface area contributed by atoms with Gasteiger partial charge in [0.2, 0.25) is 0 Å². The second-order valence-corrected chi connectivity index (χ2v) is 7.42. The highest BCUT2D eigenvalue weighted by atomic mass is 16.3. The molecule has 0 bridgehead atoms. The van der Waals surface area contributed by atoms with Crippen molar-refractivity contribution in [1.29, 1.82) is 0 Å². The fourth-order valence-corrected chi connectivity index (χ4v) is 3.72. The molecule has 4 nitrogen and oxygen atoms in total. The first-order chi connectivity index (χ1) is 13.1. The van der Waals surface area contributed by atoms with E-state index >= 15 is 0 Å². The van der Waals surface area contributed by atoms with E-state index in [1.807, 2.05) is 42.5 Å². The van der Waals surface area contributed by atoms with Crippen molar-refractivity contribution in [2.45, 2.75) is 44.8 Å². The number of aromatic nitrogens is 1. The van der Waals surface area contributed by atoms with Crippen LogP contribution in [0.15, 0.2) is 54.6 Å². The molecule has 0 aliphatic heterocycles. The Kier molecular flexibility index (Phi) is 4.90. The predicted octanol–water partition coefficient (Wildman–Crippen LogP) is 4.24. The molecule has 138 valence electrons. The van der Waals surface area contributed by atoms with Crippen LogP contribution in [0, 0.1) is 6.92 Å². The third-order valence-corrected chi connectivity index (χ3v) is 5.34. The lowest BCUT2D eigenvalue weighted by atomic mass is 9.92. The smallest absolute Gasteiger partial charge is 0.252 e. The highest BCUT2D eigenvalue weighted by Gasteiger charge is 2.22. The van der Waals surface area contributed by atoms with Crippen LogP contribution in [0.2, 0.25) is 0 Å². The molecule has 3 aromatic rings. The van der Waals surface area contributed by atoms with Gasteiger partial charge in [-0.05, 0) is 44.7 Å². The number of hydrogen-bond donors (Lipinski definition) is 2. The Labute approximate surface area is 159 Å². The summed E-state index contributed by atoms with van der Waals surface area (Å²) in [7, 11) is 0. The summed E-state index contributed by atoms with van der Waals surface area (Å²) in [6, 6.07) is 18.0. The molecule has 2 N–H and O–H groups in total. The molecule has 1 heterocycles. The Morgan fingerprint density at radius 1 is 1.04 bits per heavy atom. The number of nitrogens with zero attached hydrogens (tertiary/aromatic N) is 1. The molecule has 4 rings (SSSR count). The highest BCUT2D eigenvalue weighted by Crippen LogP contribution is 2.26. The summed E-state index contributed by atoms with van der Waals surface area (Å²) in [4.78, 5) is 17.8. The van der Waals surface area contributed by atoms with Gasteiger partial charge < -0.3 is 10.4 Å². The maximum absolute atomic E-state index is 13.0. The van der Waals surface area contributed by atoms with Gasteiger partial charge in [0, 0.05) is 17.0 Å². The molecule has 0 saturated heterocycles. The summed E-state index contributed by atoms with van der Waals surface area (Å²) >= 11 is 0. The molecule has 1 fully saturated rings. The van der Waals surface area contributed by atoms with Gasteiger partial charge in [-0.2, -0.15) is 0 Å². The van der Waals surface area contributed by atoms with Gasteiger partial charge in [-0.25, -0.2) is 4.98 Å². The minimum Gasteiger partial charge on any atom is -0.393 e. The fraction of sp³-hybridized carbons (Fsp3) is 0.304. The Morgan fingerprint density at radius 3 is 2.48 bits per heavy atom. The van der Waals surface area contributed by atoms with Crippen molar-refractivity contribution >= 4 is 16.8 Å². The molecular formula is C23H24N2O2. The van der Waals surface area contributed by atoms with E-state index in [0.29, 0.717) is 5.56 Å². The average molecular weight is 360 g/mol. The van der Waals surface area contributed by atoms with Crippen molar-refractivity contribution in [3.8, 4) is 11.3 Å². The molecule has 0 atom stereocenters. The zero-order valence-electron chi connectivity index (χ0n) is 15.5. The van der Waals surface area contributed by atoms with Gasteiger partial charge in [-0.3, -0.25) is 4.79 Å². The maximum atomic E-state index is 13.0. The molecule has 1 saturated carbocycles. The van der Waals surface area contributed by atoms with Gasteiger partial charge in [0.05, 0.1) is 22.9 Å². The first-order valence-corrected chi connectivity index (χ1v) is 9.56. The second-order valence-electron chi connectivity index (χ2n) is 7.42. The minimum atomic E-state index is -0.229. The summed E-state index contributed by atoms with van der Waals surface area (Å²) in [5, 5.41) is 13.7. The van der Waals surface area contributed by atoms with Crippen LogP contribution >= 0.6 is 0 Å². The quantitative estimate of drug-likeness (QED) is 0.734. The molecule has 0 radical (unpaired) electrons. The van der Waals surface area contributed by atoms with Crippen molar-refractivity contribution in [2.75, 3.05) is 0 Å². The monoisotopic (exact) mass is 360 g/mol. The SMILES string of the molecule is Cc1ccc(-c2cc(C(=O)NC3CCC(O)CC3)c3ccccc3n2)cc1. The van der Waals surface area contributed by atoms with E-state index in [-0.39, 0.29) is 18.1 Å². The maximum Gasteiger partial charge on any atom is 0.252 e. The Bertz CT molecular complexity index is 958. The van der Waals surface area contributed by atoms with Crippen LogP contribution in [-0.2, 0) is 0 Å². The van der Waals surface area contributed by atoms with Crippen molar-refractivity contribution in [3.05, 3.63) is 65.7 Å². The number of fused-ring (bicyclic) bond motifs is 1. The number of rotatable bonds is 3. The number of amides is 1. The van der Waals surface area contributed by atoms with E-state index < -0.39 is 0 Å². The van der Waals surface area contributed by atoms with Crippen molar-refractivity contribution < 1.29 is 9.90 Å². The molecule has 1 aliphatic carbocycles. The van der Waals surface area contributed by atoms with Crippen LogP contribution in [0.1, 0.15) is 41.6 Å².